The minimum atomic E-state index is -0.740. The smallest absolute Gasteiger partial charge is 0.324 e. The van der Waals surface area contributed by atoms with Gasteiger partial charge in [0.05, 0.1) is 34.8 Å². The molecule has 6 rings (SSSR count). The van der Waals surface area contributed by atoms with Crippen molar-refractivity contribution in [2.45, 2.75) is 13.1 Å². The summed E-state index contributed by atoms with van der Waals surface area (Å²) < 4.78 is 5.57. The molecule has 6 aromatic rings. The van der Waals surface area contributed by atoms with Gasteiger partial charge in [-0.25, -0.2) is 19.1 Å². The second-order valence-corrected chi connectivity index (χ2v) is 9.23. The first kappa shape index (κ1) is 23.6. The van der Waals surface area contributed by atoms with E-state index in [1.165, 1.54) is 15.6 Å². The van der Waals surface area contributed by atoms with Gasteiger partial charge in [0.15, 0.2) is 5.82 Å². The van der Waals surface area contributed by atoms with E-state index < -0.39 is 11.4 Å². The molecule has 0 saturated heterocycles. The van der Waals surface area contributed by atoms with Gasteiger partial charge < -0.3 is 5.32 Å². The van der Waals surface area contributed by atoms with Gasteiger partial charge in [-0.1, -0.05) is 35.9 Å². The Morgan fingerprint density at radius 1 is 0.921 bits per heavy atom. The van der Waals surface area contributed by atoms with E-state index in [2.05, 4.69) is 30.5 Å². The summed E-state index contributed by atoms with van der Waals surface area (Å²) in [6.45, 7) is -0.0207. The Kier molecular flexibility index (Phi) is 5.72. The molecule has 0 spiro atoms. The zero-order valence-corrected chi connectivity index (χ0v) is 21.2. The number of fused-ring (bicyclic) bond motifs is 2. The third-order valence-corrected chi connectivity index (χ3v) is 6.41. The van der Waals surface area contributed by atoms with E-state index in [4.69, 9.17) is 11.6 Å². The van der Waals surface area contributed by atoms with Crippen LogP contribution in [0.4, 0.5) is 11.6 Å². The lowest BCUT2D eigenvalue weighted by Crippen LogP contribution is -2.43. The fourth-order valence-corrected chi connectivity index (χ4v) is 4.56. The molecule has 0 amide bonds. The third kappa shape index (κ3) is 4.30. The second kappa shape index (κ2) is 9.23. The summed E-state index contributed by atoms with van der Waals surface area (Å²) in [7, 11) is 3.52. The van der Waals surface area contributed by atoms with E-state index in [0.717, 1.165) is 26.4 Å². The zero-order valence-electron chi connectivity index (χ0n) is 20.4. The lowest BCUT2D eigenvalue weighted by Gasteiger charge is -2.16. The number of para-hydroxylation sites is 1. The quantitative estimate of drug-likeness (QED) is 0.349. The van der Waals surface area contributed by atoms with E-state index in [1.807, 2.05) is 43.6 Å². The highest BCUT2D eigenvalue weighted by Crippen LogP contribution is 2.29. The minimum absolute atomic E-state index is 0.0447. The molecular formula is C25H21ClN10O2. The van der Waals surface area contributed by atoms with Crippen LogP contribution >= 0.6 is 11.6 Å². The fourth-order valence-electron chi connectivity index (χ4n) is 4.35. The number of aryl methyl sites for hydroxylation is 2. The van der Waals surface area contributed by atoms with Gasteiger partial charge in [-0.05, 0) is 23.8 Å². The number of nitrogens with one attached hydrogen (secondary N) is 1. The number of rotatable bonds is 6. The predicted octanol–water partition coefficient (Wildman–Crippen LogP) is 2.46. The van der Waals surface area contributed by atoms with Crippen molar-refractivity contribution in [3.63, 3.8) is 0 Å². The molecule has 0 bridgehead atoms. The molecule has 0 atom stereocenters. The van der Waals surface area contributed by atoms with Gasteiger partial charge >= 0.3 is 11.4 Å². The van der Waals surface area contributed by atoms with Crippen LogP contribution in [0.1, 0.15) is 11.4 Å². The van der Waals surface area contributed by atoms with Gasteiger partial charge in [0, 0.05) is 37.3 Å². The topological polar surface area (TPSA) is 130 Å². The van der Waals surface area contributed by atoms with Crippen LogP contribution in [0.2, 0.25) is 5.02 Å². The Balaban J connectivity index is 1.50. The van der Waals surface area contributed by atoms with Crippen LogP contribution in [0.3, 0.4) is 0 Å². The fraction of sp³-hybridized carbons (Fsp3) is 0.160. The Morgan fingerprint density at radius 3 is 2.58 bits per heavy atom. The van der Waals surface area contributed by atoms with E-state index in [0.29, 0.717) is 22.1 Å². The average molecular weight is 529 g/mol. The number of hydrogen-bond acceptors (Lipinski definition) is 8. The Labute approximate surface area is 219 Å². The molecule has 4 aromatic heterocycles. The average Bonchev–Trinajstić information content (AvgIpc) is 3.47. The number of pyridine rings is 1. The molecule has 38 heavy (non-hydrogen) atoms. The van der Waals surface area contributed by atoms with Crippen molar-refractivity contribution in [1.29, 1.82) is 0 Å². The van der Waals surface area contributed by atoms with Crippen molar-refractivity contribution in [3.05, 3.63) is 98.6 Å². The van der Waals surface area contributed by atoms with Crippen molar-refractivity contribution >= 4 is 45.0 Å². The van der Waals surface area contributed by atoms with Gasteiger partial charge in [0.25, 0.3) is 0 Å². The lowest BCUT2D eigenvalue weighted by atomic mass is 10.1. The van der Waals surface area contributed by atoms with Crippen molar-refractivity contribution in [2.24, 2.45) is 14.1 Å². The van der Waals surface area contributed by atoms with Gasteiger partial charge in [-0.3, -0.25) is 18.9 Å². The molecule has 0 aliphatic heterocycles. The SMILES string of the molecule is Cn1cnc(Cn2c(=O)nc(Nc3cc4cn(C)nc4cc3Cl)n(Cc3cccc4cccnc34)c2=O)n1. The van der Waals surface area contributed by atoms with Gasteiger partial charge in [-0.2, -0.15) is 15.2 Å². The minimum Gasteiger partial charge on any atom is -0.324 e. The third-order valence-electron chi connectivity index (χ3n) is 6.10. The highest BCUT2D eigenvalue weighted by Gasteiger charge is 2.18. The van der Waals surface area contributed by atoms with Crippen LogP contribution in [-0.4, -0.2) is 43.6 Å². The molecule has 1 N–H and O–H groups in total. The van der Waals surface area contributed by atoms with Gasteiger partial charge in [0.1, 0.15) is 6.33 Å². The van der Waals surface area contributed by atoms with Crippen LogP contribution in [-0.2, 0) is 27.2 Å². The molecule has 190 valence electrons. The number of aromatic nitrogens is 9. The van der Waals surface area contributed by atoms with Crippen molar-refractivity contribution < 1.29 is 0 Å². The Morgan fingerprint density at radius 2 is 1.76 bits per heavy atom. The molecule has 0 aliphatic carbocycles. The molecule has 0 saturated carbocycles. The summed E-state index contributed by atoms with van der Waals surface area (Å²) in [5.74, 6) is 0.362. The van der Waals surface area contributed by atoms with Crippen LogP contribution in [0.15, 0.2) is 70.8 Å². The van der Waals surface area contributed by atoms with E-state index >= 15 is 0 Å². The summed E-state index contributed by atoms with van der Waals surface area (Å²) >= 11 is 6.53. The summed E-state index contributed by atoms with van der Waals surface area (Å²) in [5, 5.41) is 13.8. The zero-order chi connectivity index (χ0) is 26.4. The first-order valence-corrected chi connectivity index (χ1v) is 12.0. The largest absolute Gasteiger partial charge is 0.355 e. The Hall–Kier alpha value is -4.84. The summed E-state index contributed by atoms with van der Waals surface area (Å²) in [6, 6.07) is 13.0. The molecule has 0 unspecified atom stereocenters. The monoisotopic (exact) mass is 528 g/mol. The molecular weight excluding hydrogens is 508 g/mol. The molecule has 0 radical (unpaired) electrons. The number of nitrogens with zero attached hydrogens (tertiary/aromatic N) is 9. The van der Waals surface area contributed by atoms with Gasteiger partial charge in [-0.15, -0.1) is 0 Å². The highest BCUT2D eigenvalue weighted by molar-refractivity contribution is 6.34. The maximum absolute atomic E-state index is 13.8. The summed E-state index contributed by atoms with van der Waals surface area (Å²) in [6.07, 6.45) is 5.04. The van der Waals surface area contributed by atoms with E-state index in [1.54, 1.807) is 30.1 Å². The Bertz CT molecular complexity index is 1950. The van der Waals surface area contributed by atoms with Crippen LogP contribution in [0, 0.1) is 0 Å². The lowest BCUT2D eigenvalue weighted by molar-refractivity contribution is 0.574. The number of halogens is 1. The standard InChI is InChI=1S/C25H21ClN10O2/c1-33-11-17-9-20(18(26)10-19(17)31-33)29-23-30-24(37)36(13-21-28-14-34(2)32-21)25(38)35(23)12-16-6-3-5-15-7-4-8-27-22(15)16/h3-11,14H,12-13H2,1-2H3,(H,29,30,37). The molecule has 2 aromatic carbocycles. The van der Waals surface area contributed by atoms with Crippen LogP contribution < -0.4 is 16.7 Å². The molecule has 13 heteroatoms. The highest BCUT2D eigenvalue weighted by atomic mass is 35.5. The maximum atomic E-state index is 13.8. The predicted molar refractivity (Wildman–Crippen MR) is 143 cm³/mol. The molecule has 0 fully saturated rings. The van der Waals surface area contributed by atoms with Crippen molar-refractivity contribution in [2.75, 3.05) is 5.32 Å². The summed E-state index contributed by atoms with van der Waals surface area (Å²) in [4.78, 5) is 39.7. The number of hydrogen-bond donors (Lipinski definition) is 1. The van der Waals surface area contributed by atoms with Gasteiger partial charge in [0.2, 0.25) is 5.95 Å². The molecule has 0 aliphatic rings. The first-order valence-electron chi connectivity index (χ1n) is 11.6. The first-order chi connectivity index (χ1) is 18.4. The normalized spacial score (nSPS) is 11.4. The maximum Gasteiger partial charge on any atom is 0.355 e. The number of benzene rings is 2. The number of anilines is 2. The van der Waals surface area contributed by atoms with E-state index in [-0.39, 0.29) is 19.0 Å². The second-order valence-electron chi connectivity index (χ2n) is 8.82. The van der Waals surface area contributed by atoms with E-state index in [9.17, 15) is 9.59 Å². The van der Waals surface area contributed by atoms with Crippen molar-refractivity contribution in [1.82, 2.24) is 43.6 Å². The van der Waals surface area contributed by atoms with Crippen molar-refractivity contribution in [3.8, 4) is 0 Å². The van der Waals surface area contributed by atoms with Crippen LogP contribution in [0.25, 0.3) is 21.8 Å². The van der Waals surface area contributed by atoms with Crippen LogP contribution in [0.5, 0.6) is 0 Å². The summed E-state index contributed by atoms with van der Waals surface area (Å²) in [5.41, 5.74) is 1.40. The molecule has 4 heterocycles. The molecule has 12 nitrogen and oxygen atoms in total.